The van der Waals surface area contributed by atoms with E-state index in [4.69, 9.17) is 0 Å². The third-order valence-electron chi connectivity index (χ3n) is 1.66. The molecule has 1 aromatic rings. The van der Waals surface area contributed by atoms with Crippen molar-refractivity contribution in [1.82, 2.24) is 20.5 Å². The third-order valence-corrected chi connectivity index (χ3v) is 1.66. The molecule has 1 aromatic heterocycles. The molecule has 12 heavy (non-hydrogen) atoms. The fraction of sp³-hybridized carbons (Fsp3) is 0.500. The lowest BCUT2D eigenvalue weighted by Gasteiger charge is -2.12. The minimum Gasteiger partial charge on any atom is -0.310 e. The molecule has 1 atom stereocenters. The first-order valence-corrected chi connectivity index (χ1v) is 3.91. The van der Waals surface area contributed by atoms with Crippen LogP contribution in [0.4, 0.5) is 0 Å². The quantitative estimate of drug-likeness (QED) is 0.657. The minimum atomic E-state index is 0.199. The number of rotatable bonds is 4. The molecule has 1 rings (SSSR count). The van der Waals surface area contributed by atoms with Crippen molar-refractivity contribution in [2.75, 3.05) is 7.05 Å². The maximum Gasteiger partial charge on any atom is 0.141 e. The monoisotopic (exact) mass is 166 g/mol. The number of hydrogen-bond donors (Lipinski definition) is 2. The van der Waals surface area contributed by atoms with Gasteiger partial charge in [0.15, 0.2) is 0 Å². The van der Waals surface area contributed by atoms with Crippen molar-refractivity contribution in [2.45, 2.75) is 19.4 Å². The zero-order valence-corrected chi connectivity index (χ0v) is 7.46. The van der Waals surface area contributed by atoms with Crippen LogP contribution in [0.15, 0.2) is 18.5 Å². The van der Waals surface area contributed by atoms with Crippen LogP contribution >= 0.6 is 0 Å². The van der Waals surface area contributed by atoms with Crippen molar-refractivity contribution in [3.63, 3.8) is 0 Å². The Balaban J connectivity index is 2.63. The second-order valence-electron chi connectivity index (χ2n) is 2.87. The van der Waals surface area contributed by atoms with Crippen molar-refractivity contribution >= 4 is 0 Å². The second-order valence-corrected chi connectivity index (χ2v) is 2.87. The van der Waals surface area contributed by atoms with Gasteiger partial charge < -0.3 is 5.32 Å². The Hall–Kier alpha value is -1.16. The molecule has 4 heteroatoms. The van der Waals surface area contributed by atoms with Gasteiger partial charge in [-0.2, -0.15) is 5.10 Å². The highest BCUT2D eigenvalue weighted by Crippen LogP contribution is 2.14. The summed E-state index contributed by atoms with van der Waals surface area (Å²) in [6, 6.07) is 0.199. The van der Waals surface area contributed by atoms with Crippen molar-refractivity contribution < 1.29 is 0 Å². The highest BCUT2D eigenvalue weighted by atomic mass is 15.2. The molecule has 0 aromatic carbocycles. The van der Waals surface area contributed by atoms with Crippen LogP contribution in [0.5, 0.6) is 0 Å². The lowest BCUT2D eigenvalue weighted by Crippen LogP contribution is -2.17. The van der Waals surface area contributed by atoms with Crippen LogP contribution < -0.4 is 5.32 Å². The highest BCUT2D eigenvalue weighted by Gasteiger charge is 2.11. The van der Waals surface area contributed by atoms with E-state index in [9.17, 15) is 0 Å². The Morgan fingerprint density at radius 1 is 1.83 bits per heavy atom. The molecule has 1 unspecified atom stereocenters. The van der Waals surface area contributed by atoms with Gasteiger partial charge in [-0.1, -0.05) is 5.57 Å². The molecule has 4 nitrogen and oxygen atoms in total. The van der Waals surface area contributed by atoms with Crippen molar-refractivity contribution in [3.05, 3.63) is 24.3 Å². The summed E-state index contributed by atoms with van der Waals surface area (Å²) in [5.41, 5.74) is 1.13. The van der Waals surface area contributed by atoms with Gasteiger partial charge in [-0.3, -0.25) is 5.10 Å². The largest absolute Gasteiger partial charge is 0.310 e. The normalized spacial score (nSPS) is 12.8. The summed E-state index contributed by atoms with van der Waals surface area (Å²) in [7, 11) is 1.90. The smallest absolute Gasteiger partial charge is 0.141 e. The van der Waals surface area contributed by atoms with Gasteiger partial charge in [0.2, 0.25) is 0 Å². The van der Waals surface area contributed by atoms with Crippen LogP contribution in [-0.4, -0.2) is 22.2 Å². The molecule has 0 amide bonds. The summed E-state index contributed by atoms with van der Waals surface area (Å²) in [4.78, 5) is 4.07. The summed E-state index contributed by atoms with van der Waals surface area (Å²) in [5, 5.41) is 9.76. The Labute approximate surface area is 72.1 Å². The van der Waals surface area contributed by atoms with E-state index in [1.54, 1.807) is 0 Å². The minimum absolute atomic E-state index is 0.199. The molecular weight excluding hydrogens is 152 g/mol. The predicted molar refractivity (Wildman–Crippen MR) is 47.6 cm³/mol. The van der Waals surface area contributed by atoms with E-state index < -0.39 is 0 Å². The molecule has 2 N–H and O–H groups in total. The van der Waals surface area contributed by atoms with Gasteiger partial charge in [0.25, 0.3) is 0 Å². The average Bonchev–Trinajstić information content (AvgIpc) is 2.51. The van der Waals surface area contributed by atoms with Gasteiger partial charge in [0.1, 0.15) is 12.2 Å². The van der Waals surface area contributed by atoms with E-state index in [1.807, 2.05) is 14.0 Å². The van der Waals surface area contributed by atoms with Gasteiger partial charge >= 0.3 is 0 Å². The first kappa shape index (κ1) is 8.93. The average molecular weight is 166 g/mol. The molecule has 0 spiro atoms. The SMILES string of the molecule is C=C(C)CC(NC)c1ncn[nH]1. The maximum atomic E-state index is 4.07. The van der Waals surface area contributed by atoms with Crippen molar-refractivity contribution in [3.8, 4) is 0 Å². The standard InChI is InChI=1S/C8H14N4/c1-6(2)4-7(9-3)8-10-5-11-12-8/h5,7,9H,1,4H2,2-3H3,(H,10,11,12). The summed E-state index contributed by atoms with van der Waals surface area (Å²) < 4.78 is 0. The van der Waals surface area contributed by atoms with Crippen molar-refractivity contribution in [1.29, 1.82) is 0 Å². The molecule has 1 heterocycles. The second kappa shape index (κ2) is 4.01. The first-order valence-electron chi connectivity index (χ1n) is 3.91. The van der Waals surface area contributed by atoms with Crippen molar-refractivity contribution in [2.24, 2.45) is 0 Å². The lowest BCUT2D eigenvalue weighted by atomic mass is 10.1. The number of H-pyrrole nitrogens is 1. The predicted octanol–water partition coefficient (Wildman–Crippen LogP) is 1.03. The van der Waals surface area contributed by atoms with Gasteiger partial charge in [-0.05, 0) is 20.4 Å². The molecule has 0 aliphatic carbocycles. The number of hydrogen-bond acceptors (Lipinski definition) is 3. The topological polar surface area (TPSA) is 53.6 Å². The Bertz CT molecular complexity index is 240. The zero-order valence-electron chi connectivity index (χ0n) is 7.46. The Morgan fingerprint density at radius 2 is 2.58 bits per heavy atom. The zero-order chi connectivity index (χ0) is 8.97. The van der Waals surface area contributed by atoms with Crippen LogP contribution in [0.2, 0.25) is 0 Å². The Morgan fingerprint density at radius 3 is 3.00 bits per heavy atom. The number of nitrogens with zero attached hydrogens (tertiary/aromatic N) is 2. The number of nitrogens with one attached hydrogen (secondary N) is 2. The van der Waals surface area contributed by atoms with Crippen LogP contribution in [0.25, 0.3) is 0 Å². The molecule has 0 aliphatic heterocycles. The molecule has 0 bridgehead atoms. The summed E-state index contributed by atoms with van der Waals surface area (Å²) in [5.74, 6) is 0.862. The van der Waals surface area contributed by atoms with Gasteiger partial charge in [0, 0.05) is 0 Å². The molecule has 0 radical (unpaired) electrons. The van der Waals surface area contributed by atoms with E-state index in [2.05, 4.69) is 27.1 Å². The van der Waals surface area contributed by atoms with Crippen LogP contribution in [-0.2, 0) is 0 Å². The van der Waals surface area contributed by atoms with Gasteiger partial charge in [-0.25, -0.2) is 4.98 Å². The lowest BCUT2D eigenvalue weighted by molar-refractivity contribution is 0.558. The van der Waals surface area contributed by atoms with Crippen LogP contribution in [0.3, 0.4) is 0 Å². The molecule has 0 saturated carbocycles. The number of aromatic nitrogens is 3. The fourth-order valence-electron chi connectivity index (χ4n) is 1.07. The molecule has 0 aliphatic rings. The number of aromatic amines is 1. The Kier molecular flexibility index (Phi) is 2.99. The van der Waals surface area contributed by atoms with E-state index >= 15 is 0 Å². The van der Waals surface area contributed by atoms with E-state index in [0.717, 1.165) is 17.8 Å². The summed E-state index contributed by atoms with van der Waals surface area (Å²) >= 11 is 0. The molecule has 66 valence electrons. The van der Waals surface area contributed by atoms with E-state index in [-0.39, 0.29) is 6.04 Å². The van der Waals surface area contributed by atoms with Gasteiger partial charge in [-0.15, -0.1) is 6.58 Å². The maximum absolute atomic E-state index is 4.07. The molecule has 0 fully saturated rings. The first-order chi connectivity index (χ1) is 5.74. The van der Waals surface area contributed by atoms with E-state index in [0.29, 0.717) is 0 Å². The molecular formula is C8H14N4. The molecule has 0 saturated heterocycles. The summed E-state index contributed by atoms with van der Waals surface area (Å²) in [6.07, 6.45) is 2.39. The van der Waals surface area contributed by atoms with Gasteiger partial charge in [0.05, 0.1) is 6.04 Å². The highest BCUT2D eigenvalue weighted by molar-refractivity contribution is 5.00. The third kappa shape index (κ3) is 2.17. The fourth-order valence-corrected chi connectivity index (χ4v) is 1.07. The van der Waals surface area contributed by atoms with Crippen LogP contribution in [0.1, 0.15) is 25.2 Å². The summed E-state index contributed by atoms with van der Waals surface area (Å²) in [6.45, 7) is 5.85. The van der Waals surface area contributed by atoms with Crippen LogP contribution in [0, 0.1) is 0 Å². The van der Waals surface area contributed by atoms with E-state index in [1.165, 1.54) is 6.33 Å².